The topological polar surface area (TPSA) is 103 Å². The summed E-state index contributed by atoms with van der Waals surface area (Å²) >= 11 is 0. The van der Waals surface area contributed by atoms with E-state index in [1.165, 1.54) is 0 Å². The van der Waals surface area contributed by atoms with Crippen LogP contribution in [-0.4, -0.2) is 57.4 Å². The summed E-state index contributed by atoms with van der Waals surface area (Å²) in [7, 11) is 0. The molecule has 1 saturated carbocycles. The van der Waals surface area contributed by atoms with Crippen LogP contribution >= 0.6 is 0 Å². The zero-order valence-electron chi connectivity index (χ0n) is 18.4. The van der Waals surface area contributed by atoms with Crippen LogP contribution in [0.2, 0.25) is 0 Å². The van der Waals surface area contributed by atoms with Crippen molar-refractivity contribution in [3.05, 3.63) is 24.5 Å². The molecular formula is C23H31FN6O2. The third-order valence-corrected chi connectivity index (χ3v) is 6.16. The first-order chi connectivity index (χ1) is 15.5. The number of alkyl halides is 1. The second-order valence-electron chi connectivity index (χ2n) is 8.54. The number of nitrogens with zero attached hydrogens (tertiary/aromatic N) is 4. The minimum atomic E-state index is -0.961. The summed E-state index contributed by atoms with van der Waals surface area (Å²) in [6, 6.07) is 3.95. The van der Waals surface area contributed by atoms with Crippen LogP contribution < -0.4 is 15.5 Å². The number of halogens is 1. The lowest BCUT2D eigenvalue weighted by Crippen LogP contribution is -2.29. The molecule has 0 bridgehead atoms. The Morgan fingerprint density at radius 3 is 2.69 bits per heavy atom. The number of nitrogens with one attached hydrogen (secondary N) is 2. The van der Waals surface area contributed by atoms with Crippen molar-refractivity contribution >= 4 is 23.4 Å². The summed E-state index contributed by atoms with van der Waals surface area (Å²) < 4.78 is 13.7. The Bertz CT molecular complexity index is 917. The van der Waals surface area contributed by atoms with Gasteiger partial charge in [0.25, 0.3) is 0 Å². The molecular weight excluding hydrogens is 411 g/mol. The number of hydrogen-bond donors (Lipinski definition) is 3. The number of aliphatic hydroxyl groups is 1. The van der Waals surface area contributed by atoms with E-state index in [1.54, 1.807) is 24.2 Å². The first-order valence-electron chi connectivity index (χ1n) is 11.5. The molecule has 1 aliphatic heterocycles. The first kappa shape index (κ1) is 22.4. The van der Waals surface area contributed by atoms with Gasteiger partial charge < -0.3 is 20.6 Å². The van der Waals surface area contributed by atoms with Gasteiger partial charge in [0.05, 0.1) is 29.2 Å². The predicted octanol–water partition coefficient (Wildman–Crippen LogP) is 3.54. The van der Waals surface area contributed by atoms with Gasteiger partial charge in [0.2, 0.25) is 11.9 Å². The largest absolute Gasteiger partial charge is 0.393 e. The SMILES string of the molecule is CCC(F)CNc1ncc(-c2ccc(N3CCCC3=O)cn2)c(NC2CCC(O)CC2)n1. The number of pyridine rings is 1. The van der Waals surface area contributed by atoms with Crippen LogP contribution in [0, 0.1) is 0 Å². The highest BCUT2D eigenvalue weighted by Crippen LogP contribution is 2.30. The van der Waals surface area contributed by atoms with Crippen molar-refractivity contribution in [3.8, 4) is 11.3 Å². The predicted molar refractivity (Wildman–Crippen MR) is 122 cm³/mol. The molecule has 2 aliphatic rings. The normalized spacial score (nSPS) is 22.1. The third kappa shape index (κ3) is 5.32. The minimum absolute atomic E-state index is 0.124. The van der Waals surface area contributed by atoms with Gasteiger partial charge in [-0.1, -0.05) is 6.92 Å². The number of anilines is 3. The van der Waals surface area contributed by atoms with Crippen molar-refractivity contribution in [2.45, 2.75) is 70.2 Å². The number of aliphatic hydroxyl groups excluding tert-OH is 1. The van der Waals surface area contributed by atoms with Gasteiger partial charge in [0.15, 0.2) is 0 Å². The monoisotopic (exact) mass is 442 g/mol. The Morgan fingerprint density at radius 1 is 1.22 bits per heavy atom. The van der Waals surface area contributed by atoms with Crippen LogP contribution in [0.5, 0.6) is 0 Å². The van der Waals surface area contributed by atoms with E-state index in [0.29, 0.717) is 30.3 Å². The zero-order chi connectivity index (χ0) is 22.5. The number of carbonyl (C=O) groups excluding carboxylic acids is 1. The molecule has 1 saturated heterocycles. The van der Waals surface area contributed by atoms with Crippen LogP contribution in [0.15, 0.2) is 24.5 Å². The average molecular weight is 443 g/mol. The standard InChI is InChI=1S/C23H31FN6O2/c1-2-15(24)12-26-23-27-14-19(22(29-23)28-16-5-8-18(31)9-6-16)20-10-7-17(13-25-20)30-11-3-4-21(30)32/h7,10,13-16,18,31H,2-6,8-9,11-12H2,1H3,(H2,26,27,28,29). The van der Waals surface area contributed by atoms with Crippen molar-refractivity contribution in [3.63, 3.8) is 0 Å². The van der Waals surface area contributed by atoms with E-state index in [4.69, 9.17) is 0 Å². The second kappa shape index (κ2) is 10.2. The summed E-state index contributed by atoms with van der Waals surface area (Å²) in [6.07, 6.45) is 7.26. The highest BCUT2D eigenvalue weighted by molar-refractivity contribution is 5.95. The summed E-state index contributed by atoms with van der Waals surface area (Å²) in [4.78, 5) is 27.3. The van der Waals surface area contributed by atoms with E-state index in [9.17, 15) is 14.3 Å². The molecule has 0 spiro atoms. The molecule has 32 heavy (non-hydrogen) atoms. The Kier molecular flexibility index (Phi) is 7.14. The molecule has 2 aromatic heterocycles. The van der Waals surface area contributed by atoms with Gasteiger partial charge in [-0.05, 0) is 50.7 Å². The maximum atomic E-state index is 13.7. The molecule has 2 fully saturated rings. The van der Waals surface area contributed by atoms with Crippen molar-refractivity contribution in [2.75, 3.05) is 28.6 Å². The smallest absolute Gasteiger partial charge is 0.227 e. The Labute approximate surface area is 187 Å². The van der Waals surface area contributed by atoms with Crippen molar-refractivity contribution in [2.24, 2.45) is 0 Å². The molecule has 0 aromatic carbocycles. The van der Waals surface area contributed by atoms with E-state index in [2.05, 4.69) is 25.6 Å². The molecule has 3 N–H and O–H groups in total. The Morgan fingerprint density at radius 2 is 2.03 bits per heavy atom. The lowest BCUT2D eigenvalue weighted by atomic mass is 9.93. The quantitative estimate of drug-likeness (QED) is 0.574. The molecule has 1 unspecified atom stereocenters. The van der Waals surface area contributed by atoms with E-state index < -0.39 is 6.17 Å². The summed E-state index contributed by atoms with van der Waals surface area (Å²) in [5, 5.41) is 16.3. The Hall–Kier alpha value is -2.81. The highest BCUT2D eigenvalue weighted by atomic mass is 19.1. The maximum absolute atomic E-state index is 13.7. The van der Waals surface area contributed by atoms with Crippen LogP contribution in [0.25, 0.3) is 11.3 Å². The number of aromatic nitrogens is 3. The average Bonchev–Trinajstić information content (AvgIpc) is 3.25. The number of rotatable bonds is 8. The number of hydrogen-bond acceptors (Lipinski definition) is 7. The van der Waals surface area contributed by atoms with E-state index in [-0.39, 0.29) is 24.6 Å². The second-order valence-corrected chi connectivity index (χ2v) is 8.54. The van der Waals surface area contributed by atoms with E-state index in [0.717, 1.165) is 49.9 Å². The third-order valence-electron chi connectivity index (χ3n) is 6.16. The molecule has 0 radical (unpaired) electrons. The fourth-order valence-electron chi connectivity index (χ4n) is 4.15. The fourth-order valence-corrected chi connectivity index (χ4v) is 4.15. The summed E-state index contributed by atoms with van der Waals surface area (Å²) in [5.41, 5.74) is 2.23. The highest BCUT2D eigenvalue weighted by Gasteiger charge is 2.23. The molecule has 2 aromatic rings. The molecule has 8 nitrogen and oxygen atoms in total. The van der Waals surface area contributed by atoms with E-state index in [1.807, 2.05) is 12.1 Å². The molecule has 1 amide bonds. The fraction of sp³-hybridized carbons (Fsp3) is 0.565. The van der Waals surface area contributed by atoms with Gasteiger partial charge in [-0.2, -0.15) is 4.98 Å². The van der Waals surface area contributed by atoms with Crippen molar-refractivity contribution in [1.29, 1.82) is 0 Å². The van der Waals surface area contributed by atoms with Gasteiger partial charge >= 0.3 is 0 Å². The molecule has 172 valence electrons. The van der Waals surface area contributed by atoms with Crippen LogP contribution in [0.1, 0.15) is 51.9 Å². The van der Waals surface area contributed by atoms with Gasteiger partial charge in [-0.15, -0.1) is 0 Å². The van der Waals surface area contributed by atoms with Gasteiger partial charge in [-0.25, -0.2) is 9.37 Å². The van der Waals surface area contributed by atoms with Crippen LogP contribution in [-0.2, 0) is 4.79 Å². The van der Waals surface area contributed by atoms with E-state index >= 15 is 0 Å². The molecule has 4 rings (SSSR count). The van der Waals surface area contributed by atoms with Crippen molar-refractivity contribution < 1.29 is 14.3 Å². The molecule has 1 atom stereocenters. The lowest BCUT2D eigenvalue weighted by Gasteiger charge is -2.27. The maximum Gasteiger partial charge on any atom is 0.227 e. The summed E-state index contributed by atoms with van der Waals surface area (Å²) in [6.45, 7) is 2.67. The van der Waals surface area contributed by atoms with Gasteiger partial charge in [0, 0.05) is 31.7 Å². The zero-order valence-corrected chi connectivity index (χ0v) is 18.4. The molecule has 1 aliphatic carbocycles. The molecule has 9 heteroatoms. The minimum Gasteiger partial charge on any atom is -0.393 e. The van der Waals surface area contributed by atoms with Crippen LogP contribution in [0.3, 0.4) is 0 Å². The first-order valence-corrected chi connectivity index (χ1v) is 11.5. The number of amides is 1. The van der Waals surface area contributed by atoms with Crippen molar-refractivity contribution in [1.82, 2.24) is 15.0 Å². The van der Waals surface area contributed by atoms with Gasteiger partial charge in [0.1, 0.15) is 12.0 Å². The number of carbonyl (C=O) groups is 1. The molecule has 3 heterocycles. The lowest BCUT2D eigenvalue weighted by molar-refractivity contribution is -0.117. The van der Waals surface area contributed by atoms with Crippen LogP contribution in [0.4, 0.5) is 21.8 Å². The van der Waals surface area contributed by atoms with Gasteiger partial charge in [-0.3, -0.25) is 9.78 Å². The Balaban J connectivity index is 1.57. The summed E-state index contributed by atoms with van der Waals surface area (Å²) in [5.74, 6) is 1.12.